The fourth-order valence-corrected chi connectivity index (χ4v) is 0.856. The van der Waals surface area contributed by atoms with Crippen LogP contribution in [0.1, 0.15) is 12.5 Å². The second-order valence-corrected chi connectivity index (χ2v) is 2.53. The van der Waals surface area contributed by atoms with E-state index in [0.717, 1.165) is 16.7 Å². The molecule has 10 heavy (non-hydrogen) atoms. The van der Waals surface area contributed by atoms with Crippen LogP contribution in [0, 0.1) is 5.21 Å². The molecule has 0 bridgehead atoms. The molecule has 0 aliphatic rings. The Morgan fingerprint density at radius 2 is 2.30 bits per heavy atom. The molecule has 0 aliphatic heterocycles. The van der Waals surface area contributed by atoms with Gasteiger partial charge in [-0.2, -0.15) is 4.73 Å². The molecular formula is C7H9NOS. The number of hydrogen-bond acceptors (Lipinski definition) is 2. The number of rotatable bonds is 1. The fourth-order valence-electron chi connectivity index (χ4n) is 0.724. The summed E-state index contributed by atoms with van der Waals surface area (Å²) in [6.45, 7) is 2.01. The van der Waals surface area contributed by atoms with E-state index in [9.17, 15) is 5.21 Å². The Bertz CT molecular complexity index is 237. The van der Waals surface area contributed by atoms with Gasteiger partial charge < -0.3 is 5.21 Å². The van der Waals surface area contributed by atoms with E-state index < -0.39 is 0 Å². The van der Waals surface area contributed by atoms with Crippen molar-refractivity contribution in [3.8, 4) is 0 Å². The van der Waals surface area contributed by atoms with Gasteiger partial charge in [0.15, 0.2) is 6.20 Å². The van der Waals surface area contributed by atoms with Gasteiger partial charge in [0.05, 0.1) is 0 Å². The molecule has 0 amide bonds. The van der Waals surface area contributed by atoms with Crippen LogP contribution in [-0.4, -0.2) is 0 Å². The summed E-state index contributed by atoms with van der Waals surface area (Å²) >= 11 is 3.93. The highest BCUT2D eigenvalue weighted by molar-refractivity contribution is 7.80. The van der Waals surface area contributed by atoms with Crippen LogP contribution in [0.5, 0.6) is 0 Å². The third kappa shape index (κ3) is 1.42. The maximum absolute atomic E-state index is 10.8. The molecule has 1 aromatic rings. The van der Waals surface area contributed by atoms with Crippen LogP contribution in [0.2, 0.25) is 0 Å². The predicted octanol–water partition coefficient (Wildman–Crippen LogP) is 1.17. The summed E-state index contributed by atoms with van der Waals surface area (Å²) in [5.74, 6) is 0. The molecule has 0 spiro atoms. The van der Waals surface area contributed by atoms with Crippen LogP contribution in [-0.2, 0) is 6.42 Å². The summed E-state index contributed by atoms with van der Waals surface area (Å²) < 4.78 is 0.766. The zero-order chi connectivity index (χ0) is 7.56. The topological polar surface area (TPSA) is 26.9 Å². The monoisotopic (exact) mass is 155 g/mol. The van der Waals surface area contributed by atoms with Crippen LogP contribution in [0.3, 0.4) is 0 Å². The second-order valence-electron chi connectivity index (χ2n) is 2.07. The molecule has 1 rings (SSSR count). The molecule has 0 aromatic carbocycles. The Morgan fingerprint density at radius 3 is 2.80 bits per heavy atom. The maximum atomic E-state index is 10.8. The minimum atomic E-state index is 0.442. The molecule has 0 saturated heterocycles. The second kappa shape index (κ2) is 2.92. The lowest BCUT2D eigenvalue weighted by Crippen LogP contribution is -2.27. The Labute approximate surface area is 65.5 Å². The van der Waals surface area contributed by atoms with E-state index in [2.05, 4.69) is 12.6 Å². The van der Waals surface area contributed by atoms with E-state index in [1.807, 2.05) is 13.0 Å². The third-order valence-electron chi connectivity index (χ3n) is 1.36. The van der Waals surface area contributed by atoms with E-state index in [4.69, 9.17) is 0 Å². The van der Waals surface area contributed by atoms with Crippen LogP contribution >= 0.6 is 12.6 Å². The van der Waals surface area contributed by atoms with Gasteiger partial charge in [0, 0.05) is 11.6 Å². The largest absolute Gasteiger partial charge is 0.618 e. The average Bonchev–Trinajstić information content (AvgIpc) is 1.95. The van der Waals surface area contributed by atoms with Gasteiger partial charge in [0.1, 0.15) is 0 Å². The molecule has 0 N–H and O–H groups in total. The minimum absolute atomic E-state index is 0.442. The number of aryl methyl sites for hydroxylation is 1. The smallest absolute Gasteiger partial charge is 0.248 e. The summed E-state index contributed by atoms with van der Waals surface area (Å²) in [5, 5.41) is 11.3. The van der Waals surface area contributed by atoms with Crippen molar-refractivity contribution in [2.45, 2.75) is 18.4 Å². The Balaban J connectivity index is 3.04. The van der Waals surface area contributed by atoms with Gasteiger partial charge in [-0.15, -0.1) is 0 Å². The Hall–Kier alpha value is -0.700. The van der Waals surface area contributed by atoms with E-state index in [1.54, 1.807) is 12.3 Å². The number of hydrogen-bond donors (Lipinski definition) is 1. The molecular weight excluding hydrogens is 146 g/mol. The average molecular weight is 155 g/mol. The van der Waals surface area contributed by atoms with Crippen molar-refractivity contribution >= 4 is 12.6 Å². The fraction of sp³-hybridized carbons (Fsp3) is 0.286. The summed E-state index contributed by atoms with van der Waals surface area (Å²) in [6, 6.07) is 3.60. The van der Waals surface area contributed by atoms with Crippen molar-refractivity contribution in [2.75, 3.05) is 0 Å². The van der Waals surface area contributed by atoms with Crippen molar-refractivity contribution in [1.29, 1.82) is 0 Å². The standard InChI is InChI=1S/C7H9NOS/c1-2-6-3-4-7(10)8(9)5-6/h3-5,10H,2H2,1H3. The van der Waals surface area contributed by atoms with Gasteiger partial charge in [0.2, 0.25) is 5.03 Å². The normalized spacial score (nSPS) is 9.80. The number of nitrogens with zero attached hydrogens (tertiary/aromatic N) is 1. The van der Waals surface area contributed by atoms with E-state index in [1.165, 1.54) is 0 Å². The van der Waals surface area contributed by atoms with Gasteiger partial charge >= 0.3 is 0 Å². The SMILES string of the molecule is CCc1ccc(S)[n+]([O-])c1. The van der Waals surface area contributed by atoms with Crippen molar-refractivity contribution in [1.82, 2.24) is 0 Å². The molecule has 0 radical (unpaired) electrons. The van der Waals surface area contributed by atoms with E-state index >= 15 is 0 Å². The molecule has 0 unspecified atom stereocenters. The van der Waals surface area contributed by atoms with Gasteiger partial charge in [-0.1, -0.05) is 19.6 Å². The maximum Gasteiger partial charge on any atom is 0.248 e. The summed E-state index contributed by atoms with van der Waals surface area (Å²) in [4.78, 5) is 0. The van der Waals surface area contributed by atoms with Gasteiger partial charge in [-0.3, -0.25) is 0 Å². The van der Waals surface area contributed by atoms with Gasteiger partial charge in [0.25, 0.3) is 0 Å². The van der Waals surface area contributed by atoms with Crippen molar-refractivity contribution in [3.63, 3.8) is 0 Å². The quantitative estimate of drug-likeness (QED) is 0.368. The van der Waals surface area contributed by atoms with Crippen molar-refractivity contribution < 1.29 is 4.73 Å². The van der Waals surface area contributed by atoms with Crippen molar-refractivity contribution in [2.24, 2.45) is 0 Å². The minimum Gasteiger partial charge on any atom is -0.618 e. The highest BCUT2D eigenvalue weighted by Gasteiger charge is 1.98. The predicted molar refractivity (Wildman–Crippen MR) is 42.0 cm³/mol. The molecule has 1 heterocycles. The molecule has 1 aromatic heterocycles. The third-order valence-corrected chi connectivity index (χ3v) is 1.71. The summed E-state index contributed by atoms with van der Waals surface area (Å²) in [6.07, 6.45) is 2.43. The molecule has 54 valence electrons. The first kappa shape index (κ1) is 7.41. The summed E-state index contributed by atoms with van der Waals surface area (Å²) in [7, 11) is 0. The van der Waals surface area contributed by atoms with Crippen molar-refractivity contribution in [3.05, 3.63) is 29.1 Å². The van der Waals surface area contributed by atoms with Crippen LogP contribution in [0.25, 0.3) is 0 Å². The van der Waals surface area contributed by atoms with Gasteiger partial charge in [-0.25, -0.2) is 0 Å². The van der Waals surface area contributed by atoms with Crippen LogP contribution in [0.15, 0.2) is 23.4 Å². The zero-order valence-corrected chi connectivity index (χ0v) is 6.64. The van der Waals surface area contributed by atoms with Gasteiger partial charge in [-0.05, 0) is 12.5 Å². The molecule has 0 aliphatic carbocycles. The Kier molecular flexibility index (Phi) is 2.17. The first-order valence-electron chi connectivity index (χ1n) is 3.15. The van der Waals surface area contributed by atoms with Crippen LogP contribution in [0.4, 0.5) is 0 Å². The van der Waals surface area contributed by atoms with Crippen LogP contribution < -0.4 is 4.73 Å². The summed E-state index contributed by atoms with van der Waals surface area (Å²) in [5.41, 5.74) is 1.04. The number of pyridine rings is 1. The van der Waals surface area contributed by atoms with E-state index in [0.29, 0.717) is 5.03 Å². The highest BCUT2D eigenvalue weighted by Crippen LogP contribution is 2.01. The molecule has 0 atom stereocenters. The lowest BCUT2D eigenvalue weighted by Gasteiger charge is -1.99. The first-order chi connectivity index (χ1) is 4.74. The molecule has 3 heteroatoms. The molecule has 2 nitrogen and oxygen atoms in total. The first-order valence-corrected chi connectivity index (χ1v) is 3.60. The molecule has 0 saturated carbocycles. The molecule has 0 fully saturated rings. The lowest BCUT2D eigenvalue weighted by molar-refractivity contribution is -0.645. The highest BCUT2D eigenvalue weighted by atomic mass is 32.1. The lowest BCUT2D eigenvalue weighted by atomic mass is 10.2. The number of thiol groups is 1. The zero-order valence-electron chi connectivity index (χ0n) is 5.74. The Morgan fingerprint density at radius 1 is 1.60 bits per heavy atom. The number of aromatic nitrogens is 1. The van der Waals surface area contributed by atoms with E-state index in [-0.39, 0.29) is 0 Å².